The fourth-order valence-corrected chi connectivity index (χ4v) is 3.43. The van der Waals surface area contributed by atoms with Crippen LogP contribution in [0.3, 0.4) is 0 Å². The largest absolute Gasteiger partial charge is 0.369 e. The van der Waals surface area contributed by atoms with Crippen LogP contribution in [-0.4, -0.2) is 17.4 Å². The molecule has 1 atom stereocenters. The summed E-state index contributed by atoms with van der Waals surface area (Å²) in [4.78, 5) is 24.6. The monoisotopic (exact) mass is 280 g/mol. The minimum Gasteiger partial charge on any atom is -0.369 e. The van der Waals surface area contributed by atoms with Crippen LogP contribution in [0.1, 0.15) is 65.7 Å². The SMILES string of the molecule is CC(C)(C)NC(=O)[C@H](CC1CCC1)C1(C(N)=O)CCC1. The molecule has 114 valence electrons. The van der Waals surface area contributed by atoms with Crippen LogP contribution >= 0.6 is 0 Å². The number of nitrogens with two attached hydrogens (primary N) is 1. The Hall–Kier alpha value is -1.06. The van der Waals surface area contributed by atoms with Crippen molar-refractivity contribution in [3.8, 4) is 0 Å². The maximum atomic E-state index is 12.7. The molecule has 0 spiro atoms. The summed E-state index contributed by atoms with van der Waals surface area (Å²) in [5.74, 6) is 0.0980. The van der Waals surface area contributed by atoms with E-state index in [2.05, 4.69) is 5.32 Å². The first-order valence-electron chi connectivity index (χ1n) is 7.86. The van der Waals surface area contributed by atoms with E-state index in [1.54, 1.807) is 0 Å². The summed E-state index contributed by atoms with van der Waals surface area (Å²) in [5, 5.41) is 3.05. The number of nitrogens with one attached hydrogen (secondary N) is 1. The summed E-state index contributed by atoms with van der Waals surface area (Å²) >= 11 is 0. The fraction of sp³-hybridized carbons (Fsp3) is 0.875. The molecule has 4 nitrogen and oxygen atoms in total. The van der Waals surface area contributed by atoms with Crippen molar-refractivity contribution in [2.75, 3.05) is 0 Å². The summed E-state index contributed by atoms with van der Waals surface area (Å²) in [5.41, 5.74) is 4.81. The first-order valence-corrected chi connectivity index (χ1v) is 7.86. The van der Waals surface area contributed by atoms with Crippen LogP contribution < -0.4 is 11.1 Å². The summed E-state index contributed by atoms with van der Waals surface area (Å²) in [6, 6.07) is 0. The molecule has 2 saturated carbocycles. The Bertz CT molecular complexity index is 390. The molecule has 0 aromatic heterocycles. The molecule has 0 bridgehead atoms. The summed E-state index contributed by atoms with van der Waals surface area (Å²) < 4.78 is 0. The van der Waals surface area contributed by atoms with Crippen LogP contribution in [0, 0.1) is 17.3 Å². The van der Waals surface area contributed by atoms with E-state index in [1.165, 1.54) is 19.3 Å². The Morgan fingerprint density at radius 2 is 1.85 bits per heavy atom. The lowest BCUT2D eigenvalue weighted by atomic mass is 9.57. The Morgan fingerprint density at radius 1 is 1.25 bits per heavy atom. The maximum Gasteiger partial charge on any atom is 0.224 e. The third-order valence-corrected chi connectivity index (χ3v) is 5.01. The molecule has 2 rings (SSSR count). The van der Waals surface area contributed by atoms with E-state index in [4.69, 9.17) is 5.73 Å². The molecule has 0 radical (unpaired) electrons. The Balaban J connectivity index is 2.15. The van der Waals surface area contributed by atoms with Crippen molar-refractivity contribution in [3.63, 3.8) is 0 Å². The first kappa shape index (κ1) is 15.3. The second kappa shape index (κ2) is 5.38. The molecule has 2 aliphatic carbocycles. The van der Waals surface area contributed by atoms with E-state index >= 15 is 0 Å². The van der Waals surface area contributed by atoms with Gasteiger partial charge < -0.3 is 11.1 Å². The number of carbonyl (C=O) groups is 2. The number of primary amides is 1. The summed E-state index contributed by atoms with van der Waals surface area (Å²) in [6.45, 7) is 5.93. The molecule has 0 heterocycles. The molecule has 3 N–H and O–H groups in total. The average Bonchev–Trinajstić information content (AvgIpc) is 2.14. The van der Waals surface area contributed by atoms with Gasteiger partial charge in [0.05, 0.1) is 11.3 Å². The van der Waals surface area contributed by atoms with Crippen LogP contribution in [-0.2, 0) is 9.59 Å². The van der Waals surface area contributed by atoms with Crippen molar-refractivity contribution in [3.05, 3.63) is 0 Å². The highest BCUT2D eigenvalue weighted by Crippen LogP contribution is 2.51. The number of amides is 2. The molecule has 0 aromatic carbocycles. The highest BCUT2D eigenvalue weighted by molar-refractivity contribution is 5.90. The number of rotatable bonds is 5. The number of hydrogen-bond donors (Lipinski definition) is 2. The van der Waals surface area contributed by atoms with Crippen molar-refractivity contribution >= 4 is 11.8 Å². The zero-order valence-corrected chi connectivity index (χ0v) is 13.0. The zero-order chi connectivity index (χ0) is 15.0. The molecular weight excluding hydrogens is 252 g/mol. The molecule has 2 fully saturated rings. The van der Waals surface area contributed by atoms with Gasteiger partial charge in [0.2, 0.25) is 11.8 Å². The van der Waals surface area contributed by atoms with Gasteiger partial charge in [0, 0.05) is 5.54 Å². The Kier molecular flexibility index (Phi) is 4.12. The molecular formula is C16H28N2O2. The topological polar surface area (TPSA) is 72.2 Å². The lowest BCUT2D eigenvalue weighted by molar-refractivity contribution is -0.149. The molecule has 20 heavy (non-hydrogen) atoms. The summed E-state index contributed by atoms with van der Waals surface area (Å²) in [6.07, 6.45) is 7.01. The number of hydrogen-bond acceptors (Lipinski definition) is 2. The molecule has 4 heteroatoms. The van der Waals surface area contributed by atoms with Gasteiger partial charge in [-0.25, -0.2) is 0 Å². The quantitative estimate of drug-likeness (QED) is 0.811. The Morgan fingerprint density at radius 3 is 2.15 bits per heavy atom. The van der Waals surface area contributed by atoms with E-state index in [-0.39, 0.29) is 23.3 Å². The van der Waals surface area contributed by atoms with Gasteiger partial charge in [-0.15, -0.1) is 0 Å². The predicted molar refractivity (Wildman–Crippen MR) is 78.8 cm³/mol. The molecule has 0 unspecified atom stereocenters. The van der Waals surface area contributed by atoms with Crippen LogP contribution in [0.25, 0.3) is 0 Å². The van der Waals surface area contributed by atoms with Crippen molar-refractivity contribution in [2.45, 2.75) is 71.3 Å². The fourth-order valence-electron chi connectivity index (χ4n) is 3.43. The number of carbonyl (C=O) groups excluding carboxylic acids is 2. The van der Waals surface area contributed by atoms with Gasteiger partial charge in [0.15, 0.2) is 0 Å². The molecule has 0 aliphatic heterocycles. The lowest BCUT2D eigenvalue weighted by Gasteiger charge is -2.46. The molecule has 2 amide bonds. The normalized spacial score (nSPS) is 23.4. The highest BCUT2D eigenvalue weighted by Gasteiger charge is 2.52. The van der Waals surface area contributed by atoms with E-state index in [0.29, 0.717) is 5.92 Å². The van der Waals surface area contributed by atoms with Gasteiger partial charge in [-0.2, -0.15) is 0 Å². The Labute approximate surface area is 121 Å². The van der Waals surface area contributed by atoms with Crippen LogP contribution in [0.5, 0.6) is 0 Å². The van der Waals surface area contributed by atoms with Crippen molar-refractivity contribution in [1.82, 2.24) is 5.32 Å². The van der Waals surface area contributed by atoms with E-state index < -0.39 is 5.41 Å². The third-order valence-electron chi connectivity index (χ3n) is 5.01. The first-order chi connectivity index (χ1) is 9.24. The standard InChI is InChI=1S/C16H28N2O2/c1-15(2,3)18-13(19)12(10-11-6-4-7-11)16(14(17)20)8-5-9-16/h11-12H,4-10H2,1-3H3,(H2,17,20)(H,18,19)/t12-/m0/s1. The minimum atomic E-state index is -0.578. The van der Waals surface area contributed by atoms with Gasteiger partial charge in [0.1, 0.15) is 0 Å². The van der Waals surface area contributed by atoms with Gasteiger partial charge in [-0.05, 0) is 46.0 Å². The van der Waals surface area contributed by atoms with E-state index in [0.717, 1.165) is 25.7 Å². The predicted octanol–water partition coefficient (Wildman–Crippen LogP) is 2.36. The smallest absolute Gasteiger partial charge is 0.224 e. The molecule has 0 saturated heterocycles. The van der Waals surface area contributed by atoms with Crippen molar-refractivity contribution in [1.29, 1.82) is 0 Å². The zero-order valence-electron chi connectivity index (χ0n) is 13.0. The van der Waals surface area contributed by atoms with Crippen LogP contribution in [0.2, 0.25) is 0 Å². The second-order valence-electron chi connectivity index (χ2n) is 7.70. The van der Waals surface area contributed by atoms with Crippen LogP contribution in [0.4, 0.5) is 0 Å². The van der Waals surface area contributed by atoms with Crippen LogP contribution in [0.15, 0.2) is 0 Å². The van der Waals surface area contributed by atoms with Gasteiger partial charge in [0.25, 0.3) is 0 Å². The lowest BCUT2D eigenvalue weighted by Crippen LogP contribution is -2.56. The second-order valence-corrected chi connectivity index (χ2v) is 7.70. The van der Waals surface area contributed by atoms with Crippen molar-refractivity contribution < 1.29 is 9.59 Å². The van der Waals surface area contributed by atoms with E-state index in [1.807, 2.05) is 20.8 Å². The van der Waals surface area contributed by atoms with E-state index in [9.17, 15) is 9.59 Å². The maximum absolute atomic E-state index is 12.7. The molecule has 2 aliphatic rings. The average molecular weight is 280 g/mol. The van der Waals surface area contributed by atoms with Crippen molar-refractivity contribution in [2.24, 2.45) is 23.0 Å². The minimum absolute atomic E-state index is 0.0166. The third kappa shape index (κ3) is 2.99. The van der Waals surface area contributed by atoms with Gasteiger partial charge >= 0.3 is 0 Å². The highest BCUT2D eigenvalue weighted by atomic mass is 16.2. The molecule has 0 aromatic rings. The van der Waals surface area contributed by atoms with Gasteiger partial charge in [-0.1, -0.05) is 25.7 Å². The van der Waals surface area contributed by atoms with Gasteiger partial charge in [-0.3, -0.25) is 9.59 Å². The summed E-state index contributed by atoms with van der Waals surface area (Å²) in [7, 11) is 0.